The van der Waals surface area contributed by atoms with Gasteiger partial charge in [-0.05, 0) is 36.6 Å². The number of amides is 2. The fraction of sp³-hybridized carbons (Fsp3) is 0.278. The fourth-order valence-corrected chi connectivity index (χ4v) is 2.29. The molecule has 1 atom stereocenters. The zero-order chi connectivity index (χ0) is 17.6. The maximum absolute atomic E-state index is 13.1. The SMILES string of the molecule is CC(O)(CNC(=O)NCCc1cc(F)cc(F)c1)c1ccccc1. The number of rotatable bonds is 6. The van der Waals surface area contributed by atoms with Crippen LogP contribution in [0.25, 0.3) is 0 Å². The van der Waals surface area contributed by atoms with Crippen molar-refractivity contribution in [1.29, 1.82) is 0 Å². The second-order valence-electron chi connectivity index (χ2n) is 5.78. The number of aliphatic hydroxyl groups is 1. The van der Waals surface area contributed by atoms with Crippen molar-refractivity contribution < 1.29 is 18.7 Å². The van der Waals surface area contributed by atoms with Gasteiger partial charge in [0, 0.05) is 12.6 Å². The lowest BCUT2D eigenvalue weighted by molar-refractivity contribution is 0.0594. The quantitative estimate of drug-likeness (QED) is 0.761. The van der Waals surface area contributed by atoms with Crippen LogP contribution in [0, 0.1) is 11.6 Å². The second kappa shape index (κ2) is 7.88. The summed E-state index contributed by atoms with van der Waals surface area (Å²) in [6.07, 6.45) is 0.303. The third-order valence-corrected chi connectivity index (χ3v) is 3.61. The summed E-state index contributed by atoms with van der Waals surface area (Å²) in [5, 5.41) is 15.5. The van der Waals surface area contributed by atoms with Gasteiger partial charge in [0.15, 0.2) is 0 Å². The number of carbonyl (C=O) groups is 1. The number of nitrogens with one attached hydrogen (secondary N) is 2. The average molecular weight is 334 g/mol. The molecule has 0 aliphatic carbocycles. The smallest absolute Gasteiger partial charge is 0.314 e. The highest BCUT2D eigenvalue weighted by Gasteiger charge is 2.23. The monoisotopic (exact) mass is 334 g/mol. The Balaban J connectivity index is 1.77. The summed E-state index contributed by atoms with van der Waals surface area (Å²) in [5.41, 5.74) is -0.0331. The van der Waals surface area contributed by atoms with Crippen LogP contribution in [0.15, 0.2) is 48.5 Å². The maximum atomic E-state index is 13.1. The highest BCUT2D eigenvalue weighted by Crippen LogP contribution is 2.18. The van der Waals surface area contributed by atoms with Gasteiger partial charge in [-0.25, -0.2) is 13.6 Å². The van der Waals surface area contributed by atoms with E-state index in [1.54, 1.807) is 19.1 Å². The van der Waals surface area contributed by atoms with Gasteiger partial charge in [-0.3, -0.25) is 0 Å². The van der Waals surface area contributed by atoms with Crippen molar-refractivity contribution >= 4 is 6.03 Å². The van der Waals surface area contributed by atoms with Crippen molar-refractivity contribution in [2.24, 2.45) is 0 Å². The molecule has 24 heavy (non-hydrogen) atoms. The van der Waals surface area contributed by atoms with E-state index < -0.39 is 23.3 Å². The molecule has 2 aromatic rings. The number of hydrogen-bond acceptors (Lipinski definition) is 2. The van der Waals surface area contributed by atoms with E-state index in [0.29, 0.717) is 17.5 Å². The highest BCUT2D eigenvalue weighted by atomic mass is 19.1. The standard InChI is InChI=1S/C18H20F2N2O2/c1-18(24,14-5-3-2-4-6-14)12-22-17(23)21-8-7-13-9-15(19)11-16(20)10-13/h2-6,9-11,24H,7-8,12H2,1H3,(H2,21,22,23). The normalized spacial score (nSPS) is 13.2. The molecule has 0 saturated heterocycles. The van der Waals surface area contributed by atoms with Crippen molar-refractivity contribution in [3.05, 3.63) is 71.3 Å². The summed E-state index contributed by atoms with van der Waals surface area (Å²) in [7, 11) is 0. The van der Waals surface area contributed by atoms with E-state index in [1.807, 2.05) is 18.2 Å². The molecule has 128 valence electrons. The Bertz CT molecular complexity index is 670. The predicted octanol–water partition coefficient (Wildman–Crippen LogP) is 2.71. The molecule has 0 aromatic heterocycles. The predicted molar refractivity (Wildman–Crippen MR) is 87.5 cm³/mol. The lowest BCUT2D eigenvalue weighted by Gasteiger charge is -2.24. The Kier molecular flexibility index (Phi) is 5.87. The van der Waals surface area contributed by atoms with E-state index >= 15 is 0 Å². The van der Waals surface area contributed by atoms with Crippen LogP contribution in [-0.2, 0) is 12.0 Å². The van der Waals surface area contributed by atoms with Gasteiger partial charge in [-0.1, -0.05) is 30.3 Å². The third-order valence-electron chi connectivity index (χ3n) is 3.61. The summed E-state index contributed by atoms with van der Waals surface area (Å²) in [6.45, 7) is 1.87. The van der Waals surface area contributed by atoms with Crippen LogP contribution in [0.3, 0.4) is 0 Å². The number of urea groups is 1. The molecule has 0 aliphatic heterocycles. The topological polar surface area (TPSA) is 61.4 Å². The molecular formula is C18H20F2N2O2. The molecule has 0 saturated carbocycles. The zero-order valence-electron chi connectivity index (χ0n) is 13.4. The molecule has 2 aromatic carbocycles. The first-order valence-corrected chi connectivity index (χ1v) is 7.61. The van der Waals surface area contributed by atoms with E-state index in [4.69, 9.17) is 0 Å². The van der Waals surface area contributed by atoms with Crippen LogP contribution < -0.4 is 10.6 Å². The van der Waals surface area contributed by atoms with Crippen molar-refractivity contribution in [3.8, 4) is 0 Å². The number of benzene rings is 2. The molecule has 6 heteroatoms. The first-order valence-electron chi connectivity index (χ1n) is 7.61. The number of halogens is 2. The minimum absolute atomic E-state index is 0.0391. The fourth-order valence-electron chi connectivity index (χ4n) is 2.29. The van der Waals surface area contributed by atoms with E-state index in [0.717, 1.165) is 6.07 Å². The van der Waals surface area contributed by atoms with Crippen molar-refractivity contribution in [2.45, 2.75) is 18.9 Å². The Labute approximate surface area is 139 Å². The Morgan fingerprint density at radius 1 is 1.08 bits per heavy atom. The van der Waals surface area contributed by atoms with Gasteiger partial charge >= 0.3 is 6.03 Å². The van der Waals surface area contributed by atoms with E-state index in [1.165, 1.54) is 12.1 Å². The molecule has 0 aliphatic rings. The van der Waals surface area contributed by atoms with Crippen molar-refractivity contribution in [1.82, 2.24) is 10.6 Å². The van der Waals surface area contributed by atoms with Gasteiger partial charge < -0.3 is 15.7 Å². The Hall–Kier alpha value is -2.47. The molecule has 0 spiro atoms. The van der Waals surface area contributed by atoms with Gasteiger partial charge in [0.05, 0.1) is 6.54 Å². The molecular weight excluding hydrogens is 314 g/mol. The van der Waals surface area contributed by atoms with Crippen LogP contribution >= 0.6 is 0 Å². The molecule has 4 nitrogen and oxygen atoms in total. The minimum Gasteiger partial charge on any atom is -0.384 e. The highest BCUT2D eigenvalue weighted by molar-refractivity contribution is 5.73. The van der Waals surface area contributed by atoms with Crippen LogP contribution in [0.5, 0.6) is 0 Å². The summed E-state index contributed by atoms with van der Waals surface area (Å²) < 4.78 is 26.1. The molecule has 0 fully saturated rings. The van der Waals surface area contributed by atoms with E-state index in [9.17, 15) is 18.7 Å². The van der Waals surface area contributed by atoms with Gasteiger partial charge in [0.1, 0.15) is 17.2 Å². The maximum Gasteiger partial charge on any atom is 0.314 e. The molecule has 2 rings (SSSR count). The first kappa shape index (κ1) is 17.9. The zero-order valence-corrected chi connectivity index (χ0v) is 13.4. The molecule has 1 unspecified atom stereocenters. The lowest BCUT2D eigenvalue weighted by atomic mass is 9.96. The summed E-state index contributed by atoms with van der Waals surface area (Å²) >= 11 is 0. The first-order chi connectivity index (χ1) is 11.4. The lowest BCUT2D eigenvalue weighted by Crippen LogP contribution is -2.43. The minimum atomic E-state index is -1.19. The van der Waals surface area contributed by atoms with Gasteiger partial charge in [0.2, 0.25) is 0 Å². The Morgan fingerprint density at radius 3 is 2.33 bits per heavy atom. The summed E-state index contributed by atoms with van der Waals surface area (Å²) in [5.74, 6) is -1.29. The second-order valence-corrected chi connectivity index (χ2v) is 5.78. The molecule has 3 N–H and O–H groups in total. The van der Waals surface area contributed by atoms with E-state index in [-0.39, 0.29) is 13.1 Å². The molecule has 0 bridgehead atoms. The van der Waals surface area contributed by atoms with Crippen molar-refractivity contribution in [3.63, 3.8) is 0 Å². The van der Waals surface area contributed by atoms with Gasteiger partial charge in [-0.2, -0.15) is 0 Å². The summed E-state index contributed by atoms with van der Waals surface area (Å²) in [4.78, 5) is 11.8. The largest absolute Gasteiger partial charge is 0.384 e. The van der Waals surface area contributed by atoms with Crippen LogP contribution in [0.2, 0.25) is 0 Å². The Morgan fingerprint density at radius 2 is 1.71 bits per heavy atom. The number of carbonyl (C=O) groups excluding carboxylic acids is 1. The van der Waals surface area contributed by atoms with Crippen molar-refractivity contribution in [2.75, 3.05) is 13.1 Å². The van der Waals surface area contributed by atoms with Crippen LogP contribution in [0.1, 0.15) is 18.1 Å². The summed E-state index contributed by atoms with van der Waals surface area (Å²) in [6, 6.07) is 11.8. The van der Waals surface area contributed by atoms with Crippen LogP contribution in [0.4, 0.5) is 13.6 Å². The van der Waals surface area contributed by atoms with Crippen LogP contribution in [-0.4, -0.2) is 24.2 Å². The molecule has 2 amide bonds. The third kappa shape index (κ3) is 5.31. The molecule has 0 heterocycles. The van der Waals surface area contributed by atoms with Gasteiger partial charge in [-0.15, -0.1) is 0 Å². The van der Waals surface area contributed by atoms with Gasteiger partial charge in [0.25, 0.3) is 0 Å². The average Bonchev–Trinajstić information content (AvgIpc) is 2.53. The molecule has 0 radical (unpaired) electrons. The van der Waals surface area contributed by atoms with E-state index in [2.05, 4.69) is 10.6 Å². The number of hydrogen-bond donors (Lipinski definition) is 3.